The number of methoxy groups -OCH3 is 2. The molecule has 0 radical (unpaired) electrons. The van der Waals surface area contributed by atoms with E-state index < -0.39 is 0 Å². The normalized spacial score (nSPS) is 10.6. The van der Waals surface area contributed by atoms with Gasteiger partial charge in [0.05, 0.1) is 31.2 Å². The molecule has 0 aliphatic carbocycles. The molecule has 152 valence electrons. The van der Waals surface area contributed by atoms with Crippen LogP contribution in [-0.4, -0.2) is 40.6 Å². The Morgan fingerprint density at radius 2 is 1.97 bits per heavy atom. The monoisotopic (exact) mass is 416 g/mol. The number of carbonyl (C=O) groups excluding carboxylic acids is 1. The second-order valence-electron chi connectivity index (χ2n) is 5.93. The topological polar surface area (TPSA) is 78.3 Å². The second kappa shape index (κ2) is 9.42. The van der Waals surface area contributed by atoms with E-state index in [0.29, 0.717) is 40.3 Å². The average Bonchev–Trinajstić information content (AvgIpc) is 3.15. The molecule has 2 aromatic carbocycles. The lowest BCUT2D eigenvalue weighted by molar-refractivity contribution is -0.113. The Bertz CT molecular complexity index is 1010. The molecule has 1 aromatic heterocycles. The molecule has 0 fully saturated rings. The van der Waals surface area contributed by atoms with E-state index in [1.165, 1.54) is 24.9 Å². The third-order valence-electron chi connectivity index (χ3n) is 4.16. The van der Waals surface area contributed by atoms with E-state index in [0.717, 1.165) is 0 Å². The standard InChI is InChI=1S/C20H21FN4O3S/c1-4-25-19(14-7-5-6-8-15(14)21)23-24-20(25)29-12-18(26)22-16-11-13(27-2)9-10-17(16)28-3/h5-11H,4,12H2,1-3H3,(H,22,26). The van der Waals surface area contributed by atoms with Crippen LogP contribution in [0.15, 0.2) is 47.6 Å². The van der Waals surface area contributed by atoms with Gasteiger partial charge in [0.2, 0.25) is 5.91 Å². The van der Waals surface area contributed by atoms with Crippen molar-refractivity contribution in [1.82, 2.24) is 14.8 Å². The van der Waals surface area contributed by atoms with E-state index >= 15 is 0 Å². The first-order valence-electron chi connectivity index (χ1n) is 8.90. The molecule has 1 N–H and O–H groups in total. The number of rotatable bonds is 8. The molecule has 29 heavy (non-hydrogen) atoms. The summed E-state index contributed by atoms with van der Waals surface area (Å²) in [6.07, 6.45) is 0. The number of hydrogen-bond acceptors (Lipinski definition) is 6. The second-order valence-corrected chi connectivity index (χ2v) is 6.88. The Hall–Kier alpha value is -3.07. The van der Waals surface area contributed by atoms with Gasteiger partial charge in [0.25, 0.3) is 0 Å². The van der Waals surface area contributed by atoms with Crippen molar-refractivity contribution in [2.75, 3.05) is 25.3 Å². The number of anilines is 1. The highest BCUT2D eigenvalue weighted by Crippen LogP contribution is 2.30. The number of amides is 1. The van der Waals surface area contributed by atoms with E-state index in [2.05, 4.69) is 15.5 Å². The first-order chi connectivity index (χ1) is 14.1. The molecule has 0 aliphatic rings. The maximum absolute atomic E-state index is 14.1. The molecule has 1 heterocycles. The Labute approximate surface area is 172 Å². The summed E-state index contributed by atoms with van der Waals surface area (Å²) in [6.45, 7) is 2.46. The van der Waals surface area contributed by atoms with Crippen LogP contribution in [0.1, 0.15) is 6.92 Å². The van der Waals surface area contributed by atoms with Gasteiger partial charge in [0.1, 0.15) is 17.3 Å². The number of benzene rings is 2. The number of nitrogens with zero attached hydrogens (tertiary/aromatic N) is 3. The fourth-order valence-electron chi connectivity index (χ4n) is 2.75. The first-order valence-corrected chi connectivity index (χ1v) is 9.88. The van der Waals surface area contributed by atoms with Gasteiger partial charge < -0.3 is 19.4 Å². The zero-order valence-corrected chi connectivity index (χ0v) is 17.1. The number of ether oxygens (including phenoxy) is 2. The minimum Gasteiger partial charge on any atom is -0.497 e. The van der Waals surface area contributed by atoms with E-state index in [1.807, 2.05) is 6.92 Å². The number of carbonyl (C=O) groups is 1. The molecule has 0 saturated heterocycles. The van der Waals surface area contributed by atoms with Gasteiger partial charge in [0.15, 0.2) is 11.0 Å². The smallest absolute Gasteiger partial charge is 0.234 e. The van der Waals surface area contributed by atoms with E-state index in [-0.39, 0.29) is 17.5 Å². The third kappa shape index (κ3) is 4.68. The van der Waals surface area contributed by atoms with Gasteiger partial charge in [-0.25, -0.2) is 4.39 Å². The van der Waals surface area contributed by atoms with Crippen LogP contribution in [0.5, 0.6) is 11.5 Å². The van der Waals surface area contributed by atoms with E-state index in [1.54, 1.807) is 48.1 Å². The predicted octanol–water partition coefficient (Wildman–Crippen LogP) is 3.85. The van der Waals surface area contributed by atoms with Crippen molar-refractivity contribution in [3.05, 3.63) is 48.3 Å². The van der Waals surface area contributed by atoms with Crippen molar-refractivity contribution in [1.29, 1.82) is 0 Å². The van der Waals surface area contributed by atoms with E-state index in [4.69, 9.17) is 9.47 Å². The van der Waals surface area contributed by atoms with Gasteiger partial charge in [-0.15, -0.1) is 10.2 Å². The Morgan fingerprint density at radius 1 is 1.17 bits per heavy atom. The van der Waals surface area contributed by atoms with Crippen LogP contribution >= 0.6 is 11.8 Å². The lowest BCUT2D eigenvalue weighted by Gasteiger charge is -2.12. The van der Waals surface area contributed by atoms with Crippen molar-refractivity contribution in [3.63, 3.8) is 0 Å². The molecule has 0 atom stereocenters. The van der Waals surface area contributed by atoms with Gasteiger partial charge >= 0.3 is 0 Å². The lowest BCUT2D eigenvalue weighted by Crippen LogP contribution is -2.15. The molecule has 0 unspecified atom stereocenters. The molecule has 3 rings (SSSR count). The van der Waals surface area contributed by atoms with Crippen molar-refractivity contribution >= 4 is 23.4 Å². The zero-order chi connectivity index (χ0) is 20.8. The fourth-order valence-corrected chi connectivity index (χ4v) is 3.55. The van der Waals surface area contributed by atoms with Gasteiger partial charge in [-0.1, -0.05) is 23.9 Å². The maximum atomic E-state index is 14.1. The van der Waals surface area contributed by atoms with Crippen LogP contribution in [0.25, 0.3) is 11.4 Å². The molecule has 0 spiro atoms. The van der Waals surface area contributed by atoms with Crippen LogP contribution in [0.3, 0.4) is 0 Å². The molecular formula is C20H21FN4O3S. The highest BCUT2D eigenvalue weighted by molar-refractivity contribution is 7.99. The van der Waals surface area contributed by atoms with Crippen molar-refractivity contribution in [3.8, 4) is 22.9 Å². The lowest BCUT2D eigenvalue weighted by atomic mass is 10.2. The summed E-state index contributed by atoms with van der Waals surface area (Å²) in [5, 5.41) is 11.6. The fraction of sp³-hybridized carbons (Fsp3) is 0.250. The van der Waals surface area contributed by atoms with Crippen LogP contribution in [0.4, 0.5) is 10.1 Å². The first kappa shape index (κ1) is 20.7. The molecule has 0 saturated carbocycles. The molecular weight excluding hydrogens is 395 g/mol. The third-order valence-corrected chi connectivity index (χ3v) is 5.13. The highest BCUT2D eigenvalue weighted by Gasteiger charge is 2.17. The number of nitrogens with one attached hydrogen (secondary N) is 1. The largest absolute Gasteiger partial charge is 0.497 e. The highest BCUT2D eigenvalue weighted by atomic mass is 32.2. The minimum absolute atomic E-state index is 0.107. The molecule has 0 aliphatic heterocycles. The minimum atomic E-state index is -0.367. The van der Waals surface area contributed by atoms with Crippen molar-refractivity contribution < 1.29 is 18.7 Å². The Morgan fingerprint density at radius 3 is 2.66 bits per heavy atom. The summed E-state index contributed by atoms with van der Waals surface area (Å²) in [4.78, 5) is 12.4. The van der Waals surface area contributed by atoms with Gasteiger partial charge in [0, 0.05) is 12.6 Å². The van der Waals surface area contributed by atoms with Crippen molar-refractivity contribution in [2.24, 2.45) is 0 Å². The summed E-state index contributed by atoms with van der Waals surface area (Å²) < 4.78 is 26.4. The van der Waals surface area contributed by atoms with Crippen LogP contribution in [0.2, 0.25) is 0 Å². The molecule has 3 aromatic rings. The number of halogens is 1. The maximum Gasteiger partial charge on any atom is 0.234 e. The summed E-state index contributed by atoms with van der Waals surface area (Å²) in [7, 11) is 3.08. The molecule has 7 nitrogen and oxygen atoms in total. The number of aromatic nitrogens is 3. The number of thioether (sulfide) groups is 1. The van der Waals surface area contributed by atoms with Crippen LogP contribution in [0, 0.1) is 5.82 Å². The number of hydrogen-bond donors (Lipinski definition) is 1. The summed E-state index contributed by atoms with van der Waals surface area (Å²) in [6, 6.07) is 11.6. The Kier molecular flexibility index (Phi) is 6.71. The molecule has 1 amide bonds. The Balaban J connectivity index is 1.72. The quantitative estimate of drug-likeness (QED) is 0.562. The van der Waals surface area contributed by atoms with Crippen LogP contribution in [-0.2, 0) is 11.3 Å². The van der Waals surface area contributed by atoms with E-state index in [9.17, 15) is 9.18 Å². The van der Waals surface area contributed by atoms with Crippen molar-refractivity contribution in [2.45, 2.75) is 18.6 Å². The SMILES string of the molecule is CCn1c(SCC(=O)Nc2cc(OC)ccc2OC)nnc1-c1ccccc1F. The molecule has 0 bridgehead atoms. The summed E-state index contributed by atoms with van der Waals surface area (Å²) in [5.41, 5.74) is 0.890. The molecule has 9 heteroatoms. The predicted molar refractivity (Wildman–Crippen MR) is 110 cm³/mol. The summed E-state index contributed by atoms with van der Waals surface area (Å²) >= 11 is 1.23. The van der Waals surface area contributed by atoms with Gasteiger partial charge in [-0.05, 0) is 31.2 Å². The van der Waals surface area contributed by atoms with Gasteiger partial charge in [-0.3, -0.25) is 4.79 Å². The summed E-state index contributed by atoms with van der Waals surface area (Å²) in [5.74, 6) is 1.07. The van der Waals surface area contributed by atoms with Gasteiger partial charge in [-0.2, -0.15) is 0 Å². The van der Waals surface area contributed by atoms with Crippen LogP contribution < -0.4 is 14.8 Å². The average molecular weight is 416 g/mol. The zero-order valence-electron chi connectivity index (χ0n) is 16.3.